The van der Waals surface area contributed by atoms with Crippen LogP contribution in [0.2, 0.25) is 0 Å². The average Bonchev–Trinajstić information content (AvgIpc) is 2.92. The van der Waals surface area contributed by atoms with Gasteiger partial charge in [0.15, 0.2) is 11.6 Å². The molecular formula is C32H40N4O4. The van der Waals surface area contributed by atoms with Crippen molar-refractivity contribution in [2.75, 3.05) is 26.2 Å². The Kier molecular flexibility index (Phi) is 8.19. The van der Waals surface area contributed by atoms with E-state index in [1.165, 1.54) is 0 Å². The molecule has 0 bridgehead atoms. The van der Waals surface area contributed by atoms with Gasteiger partial charge in [-0.3, -0.25) is 9.59 Å². The lowest BCUT2D eigenvalue weighted by Crippen LogP contribution is -2.50. The number of hydrogen-bond acceptors (Lipinski definition) is 4. The molecule has 2 aliphatic carbocycles. The van der Waals surface area contributed by atoms with Gasteiger partial charge in [0.1, 0.15) is 0 Å². The number of amides is 2. The first-order chi connectivity index (χ1) is 18.6. The van der Waals surface area contributed by atoms with Gasteiger partial charge in [0.05, 0.1) is 13.1 Å². The summed E-state index contributed by atoms with van der Waals surface area (Å²) in [5.74, 6) is -0.131. The Hall–Kier alpha value is -3.78. The van der Waals surface area contributed by atoms with Crippen LogP contribution in [0.1, 0.15) is 68.2 Å². The second-order valence-corrected chi connectivity index (χ2v) is 12.2. The number of ketones is 2. The van der Waals surface area contributed by atoms with Crippen molar-refractivity contribution in [3.63, 3.8) is 0 Å². The number of carbonyl (C=O) groups is 4. The third-order valence-corrected chi connectivity index (χ3v) is 9.41. The molecule has 0 unspecified atom stereocenters. The Balaban J connectivity index is 0.000000220. The summed E-state index contributed by atoms with van der Waals surface area (Å²) in [6.07, 6.45) is 8.84. The van der Waals surface area contributed by atoms with E-state index in [9.17, 15) is 19.2 Å². The summed E-state index contributed by atoms with van der Waals surface area (Å²) < 4.78 is 0. The Morgan fingerprint density at radius 3 is 1.32 bits per heavy atom. The van der Waals surface area contributed by atoms with Gasteiger partial charge < -0.3 is 19.4 Å². The highest BCUT2D eigenvalue weighted by atomic mass is 16.2. The SMILES string of the molecule is [C-]#[N+]C1=C[C@@]2(C)CN(C(C)=O)CC=C2[C@@](C)(CC)C1=O.[C-]#[N+]C1=C[C@@]2(C)CN(C(C)=O)CC=C2[C@](C)(CC)C1=O. The molecule has 0 saturated carbocycles. The fraction of sp³-hybridized carbons (Fsp3) is 0.562. The molecule has 2 heterocycles. The van der Waals surface area contributed by atoms with E-state index in [1.54, 1.807) is 35.8 Å². The molecule has 0 aromatic rings. The van der Waals surface area contributed by atoms with Crippen molar-refractivity contribution in [2.24, 2.45) is 21.7 Å². The van der Waals surface area contributed by atoms with Gasteiger partial charge in [-0.1, -0.05) is 52.0 Å². The highest BCUT2D eigenvalue weighted by Crippen LogP contribution is 2.52. The van der Waals surface area contributed by atoms with E-state index >= 15 is 0 Å². The molecule has 2 amide bonds. The third kappa shape index (κ3) is 4.85. The van der Waals surface area contributed by atoms with Gasteiger partial charge in [-0.2, -0.15) is 0 Å². The van der Waals surface area contributed by atoms with E-state index < -0.39 is 21.7 Å². The second kappa shape index (κ2) is 10.7. The van der Waals surface area contributed by atoms with E-state index in [-0.39, 0.29) is 34.8 Å². The van der Waals surface area contributed by atoms with Crippen LogP contribution in [-0.2, 0) is 19.2 Å². The third-order valence-electron chi connectivity index (χ3n) is 9.41. The van der Waals surface area contributed by atoms with Crippen LogP contribution in [-0.4, -0.2) is 59.4 Å². The molecule has 0 fully saturated rings. The maximum Gasteiger partial charge on any atom is 0.227 e. The molecule has 4 aliphatic rings. The summed E-state index contributed by atoms with van der Waals surface area (Å²) in [6.45, 7) is 31.6. The van der Waals surface area contributed by atoms with Gasteiger partial charge >= 0.3 is 0 Å². The predicted octanol–water partition coefficient (Wildman–Crippen LogP) is 5.17. The highest BCUT2D eigenvalue weighted by molar-refractivity contribution is 6.05. The van der Waals surface area contributed by atoms with E-state index in [0.29, 0.717) is 39.0 Å². The Morgan fingerprint density at radius 1 is 0.750 bits per heavy atom. The van der Waals surface area contributed by atoms with Crippen molar-refractivity contribution in [3.05, 3.63) is 69.7 Å². The largest absolute Gasteiger partial charge is 0.338 e. The van der Waals surface area contributed by atoms with Crippen molar-refractivity contribution >= 4 is 23.4 Å². The lowest BCUT2D eigenvalue weighted by atomic mass is 9.59. The van der Waals surface area contributed by atoms with Gasteiger partial charge in [0.25, 0.3) is 0 Å². The standard InChI is InChI=1S/2C16H20N2O2/c2*1-6-16(4)13-7-8-18(11(2)19)10-15(13,3)9-12(17-5)14(16)20/h2*7,9H,6,8,10H2,1-4H3/t15-,16+;15-,16-/m00/s1. The Bertz CT molecular complexity index is 1270. The summed E-state index contributed by atoms with van der Waals surface area (Å²) in [6, 6.07) is 0. The first-order valence-corrected chi connectivity index (χ1v) is 13.8. The van der Waals surface area contributed by atoms with Crippen molar-refractivity contribution in [2.45, 2.75) is 68.2 Å². The van der Waals surface area contributed by atoms with Gasteiger partial charge in [-0.05, 0) is 37.8 Å². The van der Waals surface area contributed by atoms with Crippen LogP contribution in [0.3, 0.4) is 0 Å². The van der Waals surface area contributed by atoms with Crippen LogP contribution in [0.4, 0.5) is 0 Å². The summed E-state index contributed by atoms with van der Waals surface area (Å²) in [7, 11) is 0. The van der Waals surface area contributed by atoms with Gasteiger partial charge in [-0.25, -0.2) is 9.69 Å². The molecule has 0 radical (unpaired) electrons. The van der Waals surface area contributed by atoms with Crippen LogP contribution < -0.4 is 0 Å². The Labute approximate surface area is 238 Å². The van der Waals surface area contributed by atoms with Crippen LogP contribution >= 0.6 is 0 Å². The van der Waals surface area contributed by atoms with Crippen LogP contribution in [0.5, 0.6) is 0 Å². The quantitative estimate of drug-likeness (QED) is 0.355. The molecule has 4 atom stereocenters. The fourth-order valence-corrected chi connectivity index (χ4v) is 6.81. The zero-order valence-electron chi connectivity index (χ0n) is 25.0. The second-order valence-electron chi connectivity index (χ2n) is 12.2. The van der Waals surface area contributed by atoms with Crippen LogP contribution in [0, 0.1) is 34.8 Å². The molecule has 0 N–H and O–H groups in total. The van der Waals surface area contributed by atoms with Gasteiger partial charge in [0.2, 0.25) is 23.2 Å². The minimum Gasteiger partial charge on any atom is -0.338 e. The number of allylic oxidation sites excluding steroid dienone is 2. The number of carbonyl (C=O) groups excluding carboxylic acids is 4. The van der Waals surface area contributed by atoms with Crippen molar-refractivity contribution in [1.29, 1.82) is 0 Å². The van der Waals surface area contributed by atoms with E-state index in [2.05, 4.69) is 9.69 Å². The van der Waals surface area contributed by atoms with Crippen LogP contribution in [0.25, 0.3) is 9.69 Å². The molecule has 0 saturated heterocycles. The number of fused-ring (bicyclic) bond motifs is 2. The van der Waals surface area contributed by atoms with Gasteiger partial charge in [0, 0.05) is 61.7 Å². The smallest absolute Gasteiger partial charge is 0.227 e. The number of rotatable bonds is 2. The average molecular weight is 545 g/mol. The number of nitrogens with zero attached hydrogens (tertiary/aromatic N) is 4. The molecule has 0 spiro atoms. The van der Waals surface area contributed by atoms with E-state index in [0.717, 1.165) is 11.1 Å². The minimum absolute atomic E-state index is 0.0226. The molecular weight excluding hydrogens is 504 g/mol. The lowest BCUT2D eigenvalue weighted by molar-refractivity contribution is -0.131. The molecule has 2 aliphatic heterocycles. The maximum absolute atomic E-state index is 12.5. The predicted molar refractivity (Wildman–Crippen MR) is 153 cm³/mol. The summed E-state index contributed by atoms with van der Waals surface area (Å²) in [4.78, 5) is 58.6. The topological polar surface area (TPSA) is 83.5 Å². The van der Waals surface area contributed by atoms with E-state index in [4.69, 9.17) is 13.1 Å². The number of Topliss-reactive ketones (excluding diaryl/α,β-unsaturated/α-hetero) is 2. The maximum atomic E-state index is 12.5. The fourth-order valence-electron chi connectivity index (χ4n) is 6.81. The summed E-state index contributed by atoms with van der Waals surface area (Å²) >= 11 is 0. The molecule has 212 valence electrons. The zero-order valence-corrected chi connectivity index (χ0v) is 25.0. The molecule has 40 heavy (non-hydrogen) atoms. The van der Waals surface area contributed by atoms with E-state index in [1.807, 2.05) is 53.7 Å². The lowest BCUT2D eigenvalue weighted by Gasteiger charge is -2.48. The Morgan fingerprint density at radius 2 is 1.07 bits per heavy atom. The number of hydrogen-bond donors (Lipinski definition) is 0. The van der Waals surface area contributed by atoms with Crippen molar-refractivity contribution in [1.82, 2.24) is 9.80 Å². The van der Waals surface area contributed by atoms with Crippen LogP contribution in [0.15, 0.2) is 46.8 Å². The molecule has 0 aromatic heterocycles. The first-order valence-electron chi connectivity index (χ1n) is 13.8. The van der Waals surface area contributed by atoms with Gasteiger partial charge in [-0.15, -0.1) is 0 Å². The minimum atomic E-state index is -0.619. The summed E-state index contributed by atoms with van der Waals surface area (Å²) in [5, 5.41) is 0. The molecule has 8 heteroatoms. The first kappa shape index (κ1) is 30.8. The summed E-state index contributed by atoms with van der Waals surface area (Å²) in [5.41, 5.74) is 0.465. The molecule has 4 rings (SSSR count). The van der Waals surface area contributed by atoms with Crippen molar-refractivity contribution < 1.29 is 19.2 Å². The monoisotopic (exact) mass is 544 g/mol. The normalized spacial score (nSPS) is 33.0. The van der Waals surface area contributed by atoms with Crippen molar-refractivity contribution in [3.8, 4) is 0 Å². The molecule has 0 aromatic carbocycles. The zero-order chi connectivity index (χ0) is 30.3. The highest BCUT2D eigenvalue weighted by Gasteiger charge is 2.51. The molecule has 8 nitrogen and oxygen atoms in total.